The Hall–Kier alpha value is -2.63. The van der Waals surface area contributed by atoms with E-state index in [-0.39, 0.29) is 17.9 Å². The number of carbonyl (C=O) groups excluding carboxylic acids is 2. The molecule has 1 fully saturated rings. The number of amides is 2. The van der Waals surface area contributed by atoms with E-state index in [1.54, 1.807) is 10.9 Å². The van der Waals surface area contributed by atoms with E-state index in [0.29, 0.717) is 24.9 Å². The van der Waals surface area contributed by atoms with Gasteiger partial charge in [-0.2, -0.15) is 5.10 Å². The van der Waals surface area contributed by atoms with Crippen LogP contribution in [0.3, 0.4) is 0 Å². The van der Waals surface area contributed by atoms with Crippen LogP contribution in [0.15, 0.2) is 42.6 Å². The van der Waals surface area contributed by atoms with Crippen LogP contribution in [0, 0.1) is 0 Å². The first-order chi connectivity index (χ1) is 12.1. The van der Waals surface area contributed by atoms with Crippen molar-refractivity contribution in [1.82, 2.24) is 20.0 Å². The van der Waals surface area contributed by atoms with Crippen molar-refractivity contribution < 1.29 is 9.59 Å². The molecule has 1 aromatic heterocycles. The normalized spacial score (nSPS) is 17.3. The van der Waals surface area contributed by atoms with Crippen LogP contribution in [0.5, 0.6) is 0 Å². The summed E-state index contributed by atoms with van der Waals surface area (Å²) in [4.78, 5) is 26.6. The number of aromatic nitrogens is 2. The highest BCUT2D eigenvalue weighted by Crippen LogP contribution is 2.14. The van der Waals surface area contributed by atoms with Gasteiger partial charge in [0, 0.05) is 50.1 Å². The minimum atomic E-state index is 0.0280. The second-order valence-electron chi connectivity index (χ2n) is 6.47. The molecule has 25 heavy (non-hydrogen) atoms. The smallest absolute Gasteiger partial charge is 0.253 e. The lowest BCUT2D eigenvalue weighted by molar-refractivity contribution is -0.122. The molecular formula is C19H24N4O2. The maximum absolute atomic E-state index is 12.6. The van der Waals surface area contributed by atoms with Crippen molar-refractivity contribution in [2.45, 2.75) is 31.7 Å². The summed E-state index contributed by atoms with van der Waals surface area (Å²) in [7, 11) is 1.88. The number of aryl methyl sites for hydroxylation is 2. The molecule has 0 unspecified atom stereocenters. The molecule has 1 atom stereocenters. The predicted molar refractivity (Wildman–Crippen MR) is 95.0 cm³/mol. The number of benzene rings is 1. The first-order valence-corrected chi connectivity index (χ1v) is 8.74. The Labute approximate surface area is 147 Å². The summed E-state index contributed by atoms with van der Waals surface area (Å²) in [5.41, 5.74) is 1.74. The maximum Gasteiger partial charge on any atom is 0.253 e. The Morgan fingerprint density at radius 1 is 1.24 bits per heavy atom. The molecule has 1 saturated heterocycles. The molecule has 6 nitrogen and oxygen atoms in total. The third-order valence-corrected chi connectivity index (χ3v) is 4.63. The van der Waals surface area contributed by atoms with Crippen molar-refractivity contribution in [2.24, 2.45) is 7.05 Å². The molecule has 1 aromatic carbocycles. The first-order valence-electron chi connectivity index (χ1n) is 8.74. The highest BCUT2D eigenvalue weighted by Gasteiger charge is 2.25. The summed E-state index contributed by atoms with van der Waals surface area (Å²) in [6, 6.07) is 11.3. The summed E-state index contributed by atoms with van der Waals surface area (Å²) in [5.74, 6) is 0.0645. The Morgan fingerprint density at radius 3 is 2.76 bits per heavy atom. The topological polar surface area (TPSA) is 67.2 Å². The molecule has 1 aliphatic heterocycles. The largest absolute Gasteiger partial charge is 0.352 e. The number of piperidine rings is 1. The van der Waals surface area contributed by atoms with Crippen molar-refractivity contribution >= 4 is 11.8 Å². The van der Waals surface area contributed by atoms with Gasteiger partial charge in [0.2, 0.25) is 5.91 Å². The lowest BCUT2D eigenvalue weighted by Gasteiger charge is -2.33. The number of likely N-dealkylation sites (tertiary alicyclic amines) is 1. The van der Waals surface area contributed by atoms with Crippen LogP contribution >= 0.6 is 0 Å². The number of rotatable bonds is 5. The Balaban J connectivity index is 1.50. The van der Waals surface area contributed by atoms with Crippen LogP contribution in [-0.2, 0) is 18.3 Å². The molecule has 2 aromatic rings. The molecule has 2 heterocycles. The Bertz CT molecular complexity index is 726. The van der Waals surface area contributed by atoms with E-state index in [1.165, 1.54) is 0 Å². The quantitative estimate of drug-likeness (QED) is 0.902. The summed E-state index contributed by atoms with van der Waals surface area (Å²) in [6.07, 6.45) is 4.66. The molecule has 0 bridgehead atoms. The second kappa shape index (κ2) is 7.96. The zero-order chi connectivity index (χ0) is 17.6. The van der Waals surface area contributed by atoms with Crippen molar-refractivity contribution in [3.63, 3.8) is 0 Å². The van der Waals surface area contributed by atoms with E-state index in [0.717, 1.165) is 25.1 Å². The minimum Gasteiger partial charge on any atom is -0.352 e. The standard InChI is InChI=1S/C19H24N4O2/c1-22-17(11-12-20-22)9-10-18(24)21-16-8-5-13-23(14-16)19(25)15-6-3-2-4-7-15/h2-4,6-7,11-12,16H,5,8-10,13-14H2,1H3,(H,21,24)/t16-/m0/s1. The summed E-state index contributed by atoms with van der Waals surface area (Å²) in [6.45, 7) is 1.32. The third kappa shape index (κ3) is 4.47. The van der Waals surface area contributed by atoms with E-state index >= 15 is 0 Å². The third-order valence-electron chi connectivity index (χ3n) is 4.63. The fraction of sp³-hybridized carbons (Fsp3) is 0.421. The van der Waals surface area contributed by atoms with Crippen molar-refractivity contribution in [2.75, 3.05) is 13.1 Å². The van der Waals surface area contributed by atoms with Crippen LogP contribution in [0.4, 0.5) is 0 Å². The summed E-state index contributed by atoms with van der Waals surface area (Å²) >= 11 is 0. The monoisotopic (exact) mass is 340 g/mol. The molecule has 0 spiro atoms. The molecule has 0 saturated carbocycles. The van der Waals surface area contributed by atoms with Crippen molar-refractivity contribution in [3.05, 3.63) is 53.9 Å². The van der Waals surface area contributed by atoms with Gasteiger partial charge in [-0.15, -0.1) is 0 Å². The van der Waals surface area contributed by atoms with Gasteiger partial charge >= 0.3 is 0 Å². The summed E-state index contributed by atoms with van der Waals surface area (Å²) in [5, 5.41) is 7.18. The van der Waals surface area contributed by atoms with Gasteiger partial charge in [-0.05, 0) is 37.5 Å². The number of nitrogens with zero attached hydrogens (tertiary/aromatic N) is 3. The molecule has 3 rings (SSSR count). The van der Waals surface area contributed by atoms with Gasteiger partial charge < -0.3 is 10.2 Å². The number of nitrogens with one attached hydrogen (secondary N) is 1. The molecule has 2 amide bonds. The van der Waals surface area contributed by atoms with Gasteiger partial charge in [-0.1, -0.05) is 18.2 Å². The highest BCUT2D eigenvalue weighted by molar-refractivity contribution is 5.94. The molecule has 1 aliphatic rings. The fourth-order valence-corrected chi connectivity index (χ4v) is 3.23. The molecular weight excluding hydrogens is 316 g/mol. The van der Waals surface area contributed by atoms with Crippen molar-refractivity contribution in [3.8, 4) is 0 Å². The predicted octanol–water partition coefficient (Wildman–Crippen LogP) is 1.77. The summed E-state index contributed by atoms with van der Waals surface area (Å²) < 4.78 is 1.79. The van der Waals surface area contributed by atoms with Crippen LogP contribution in [0.1, 0.15) is 35.3 Å². The lowest BCUT2D eigenvalue weighted by atomic mass is 10.0. The van der Waals surface area contributed by atoms with Crippen molar-refractivity contribution in [1.29, 1.82) is 0 Å². The first kappa shape index (κ1) is 17.2. The molecule has 0 aliphatic carbocycles. The van der Waals surface area contributed by atoms with Crippen LogP contribution in [0.25, 0.3) is 0 Å². The van der Waals surface area contributed by atoms with Gasteiger partial charge in [0.1, 0.15) is 0 Å². The maximum atomic E-state index is 12.6. The number of hydrogen-bond donors (Lipinski definition) is 1. The Kier molecular flexibility index (Phi) is 5.48. The van der Waals surface area contributed by atoms with E-state index < -0.39 is 0 Å². The van der Waals surface area contributed by atoms with Crippen LogP contribution < -0.4 is 5.32 Å². The van der Waals surface area contributed by atoms with Crippen LogP contribution in [-0.4, -0.2) is 45.6 Å². The second-order valence-corrected chi connectivity index (χ2v) is 6.47. The van der Waals surface area contributed by atoms with Crippen LogP contribution in [0.2, 0.25) is 0 Å². The van der Waals surface area contributed by atoms with E-state index in [4.69, 9.17) is 0 Å². The van der Waals surface area contributed by atoms with Gasteiger partial charge in [0.15, 0.2) is 0 Å². The van der Waals surface area contributed by atoms with Gasteiger partial charge in [-0.3, -0.25) is 14.3 Å². The average molecular weight is 340 g/mol. The zero-order valence-corrected chi connectivity index (χ0v) is 14.5. The fourth-order valence-electron chi connectivity index (χ4n) is 3.23. The zero-order valence-electron chi connectivity index (χ0n) is 14.5. The molecule has 132 valence electrons. The van der Waals surface area contributed by atoms with Gasteiger partial charge in [0.25, 0.3) is 5.91 Å². The molecule has 6 heteroatoms. The molecule has 0 radical (unpaired) electrons. The number of hydrogen-bond acceptors (Lipinski definition) is 3. The SMILES string of the molecule is Cn1nccc1CCC(=O)N[C@H]1CCCN(C(=O)c2ccccc2)C1. The van der Waals surface area contributed by atoms with E-state index in [2.05, 4.69) is 10.4 Å². The van der Waals surface area contributed by atoms with Gasteiger partial charge in [-0.25, -0.2) is 0 Å². The van der Waals surface area contributed by atoms with Gasteiger partial charge in [0.05, 0.1) is 0 Å². The minimum absolute atomic E-state index is 0.0280. The Morgan fingerprint density at radius 2 is 2.04 bits per heavy atom. The average Bonchev–Trinajstić information content (AvgIpc) is 3.05. The lowest BCUT2D eigenvalue weighted by Crippen LogP contribution is -2.49. The number of carbonyl (C=O) groups is 2. The van der Waals surface area contributed by atoms with E-state index in [9.17, 15) is 9.59 Å². The van der Waals surface area contributed by atoms with E-state index in [1.807, 2.05) is 48.3 Å². The highest BCUT2D eigenvalue weighted by atomic mass is 16.2. The molecule has 1 N–H and O–H groups in total.